The summed E-state index contributed by atoms with van der Waals surface area (Å²) in [5.74, 6) is 1.10. The molecular weight excluding hydrogens is 284 g/mol. The van der Waals surface area contributed by atoms with E-state index in [1.807, 2.05) is 24.3 Å². The Bertz CT molecular complexity index is 333. The van der Waals surface area contributed by atoms with Crippen molar-refractivity contribution in [2.24, 2.45) is 5.92 Å². The van der Waals surface area contributed by atoms with Crippen LogP contribution in [-0.2, 0) is 4.74 Å². The van der Waals surface area contributed by atoms with Crippen LogP contribution in [-0.4, -0.2) is 31.0 Å². The van der Waals surface area contributed by atoms with E-state index in [4.69, 9.17) is 9.47 Å². The van der Waals surface area contributed by atoms with E-state index >= 15 is 0 Å². The number of ether oxygens (including phenoxy) is 2. The molecule has 2 rings (SSSR count). The zero-order valence-electron chi connectivity index (χ0n) is 9.64. The highest BCUT2D eigenvalue weighted by molar-refractivity contribution is 9.10. The topological polar surface area (TPSA) is 38.7 Å². The Balaban J connectivity index is 1.78. The summed E-state index contributed by atoms with van der Waals surface area (Å²) in [5.41, 5.74) is 0. The first-order valence-electron chi connectivity index (χ1n) is 5.90. The van der Waals surface area contributed by atoms with E-state index in [0.717, 1.165) is 36.3 Å². The SMILES string of the molecule is OC(COc1ccc(Br)cc1)C1CCOCC1. The van der Waals surface area contributed by atoms with E-state index in [9.17, 15) is 5.11 Å². The number of aliphatic hydroxyl groups excluding tert-OH is 1. The summed E-state index contributed by atoms with van der Waals surface area (Å²) in [4.78, 5) is 0. The molecule has 1 saturated heterocycles. The fourth-order valence-electron chi connectivity index (χ4n) is 1.95. The van der Waals surface area contributed by atoms with Crippen LogP contribution in [0.1, 0.15) is 12.8 Å². The van der Waals surface area contributed by atoms with E-state index in [2.05, 4.69) is 15.9 Å². The van der Waals surface area contributed by atoms with Crippen molar-refractivity contribution in [1.29, 1.82) is 0 Å². The maximum Gasteiger partial charge on any atom is 0.119 e. The van der Waals surface area contributed by atoms with Crippen LogP contribution in [0.5, 0.6) is 5.75 Å². The molecule has 1 aliphatic rings. The first-order valence-corrected chi connectivity index (χ1v) is 6.69. The number of halogens is 1. The number of hydrogen-bond donors (Lipinski definition) is 1. The molecule has 4 heteroatoms. The third-order valence-electron chi connectivity index (χ3n) is 3.04. The van der Waals surface area contributed by atoms with E-state index < -0.39 is 6.10 Å². The Hall–Kier alpha value is -0.580. The van der Waals surface area contributed by atoms with Crippen molar-refractivity contribution in [3.8, 4) is 5.75 Å². The predicted molar refractivity (Wildman–Crippen MR) is 69.2 cm³/mol. The van der Waals surface area contributed by atoms with Crippen LogP contribution in [0.25, 0.3) is 0 Å². The average molecular weight is 301 g/mol. The Morgan fingerprint density at radius 2 is 1.94 bits per heavy atom. The molecule has 0 aliphatic carbocycles. The summed E-state index contributed by atoms with van der Waals surface area (Å²) in [7, 11) is 0. The lowest BCUT2D eigenvalue weighted by Gasteiger charge is -2.26. The lowest BCUT2D eigenvalue weighted by atomic mass is 9.94. The van der Waals surface area contributed by atoms with Gasteiger partial charge in [-0.2, -0.15) is 0 Å². The van der Waals surface area contributed by atoms with E-state index in [-0.39, 0.29) is 0 Å². The lowest BCUT2D eigenvalue weighted by Crippen LogP contribution is -2.31. The highest BCUT2D eigenvalue weighted by Gasteiger charge is 2.22. The molecule has 0 amide bonds. The van der Waals surface area contributed by atoms with Crippen molar-refractivity contribution in [2.45, 2.75) is 18.9 Å². The van der Waals surface area contributed by atoms with Gasteiger partial charge in [-0.15, -0.1) is 0 Å². The molecule has 1 fully saturated rings. The monoisotopic (exact) mass is 300 g/mol. The van der Waals surface area contributed by atoms with Crippen LogP contribution in [0.4, 0.5) is 0 Å². The third kappa shape index (κ3) is 3.98. The van der Waals surface area contributed by atoms with Gasteiger partial charge in [-0.3, -0.25) is 0 Å². The molecule has 0 aromatic heterocycles. The highest BCUT2D eigenvalue weighted by Crippen LogP contribution is 2.21. The van der Waals surface area contributed by atoms with Crippen LogP contribution >= 0.6 is 15.9 Å². The molecule has 1 aromatic carbocycles. The first-order chi connectivity index (χ1) is 8.25. The maximum atomic E-state index is 10.0. The second-order valence-electron chi connectivity index (χ2n) is 4.28. The molecule has 1 unspecified atom stereocenters. The van der Waals surface area contributed by atoms with Crippen LogP contribution in [0.15, 0.2) is 28.7 Å². The molecule has 1 N–H and O–H groups in total. The largest absolute Gasteiger partial charge is 0.491 e. The average Bonchev–Trinajstić information content (AvgIpc) is 2.39. The summed E-state index contributed by atoms with van der Waals surface area (Å²) < 4.78 is 11.9. The van der Waals surface area contributed by atoms with Gasteiger partial charge in [0, 0.05) is 17.7 Å². The van der Waals surface area contributed by atoms with Crippen LogP contribution in [0.2, 0.25) is 0 Å². The minimum Gasteiger partial charge on any atom is -0.491 e. The molecule has 17 heavy (non-hydrogen) atoms. The minimum absolute atomic E-state index is 0.305. The molecule has 1 atom stereocenters. The number of rotatable bonds is 4. The number of hydrogen-bond acceptors (Lipinski definition) is 3. The quantitative estimate of drug-likeness (QED) is 0.929. The van der Waals surface area contributed by atoms with Gasteiger partial charge in [0.15, 0.2) is 0 Å². The zero-order valence-corrected chi connectivity index (χ0v) is 11.2. The standard InChI is InChI=1S/C13H17BrO3/c14-11-1-3-12(4-2-11)17-9-13(15)10-5-7-16-8-6-10/h1-4,10,13,15H,5-9H2. The third-order valence-corrected chi connectivity index (χ3v) is 3.57. The fraction of sp³-hybridized carbons (Fsp3) is 0.538. The van der Waals surface area contributed by atoms with Gasteiger partial charge in [0.2, 0.25) is 0 Å². The smallest absolute Gasteiger partial charge is 0.119 e. The molecule has 94 valence electrons. The number of aliphatic hydroxyl groups is 1. The predicted octanol–water partition coefficient (Wildman–Crippen LogP) is 2.62. The van der Waals surface area contributed by atoms with Crippen molar-refractivity contribution in [3.05, 3.63) is 28.7 Å². The number of benzene rings is 1. The molecule has 3 nitrogen and oxygen atoms in total. The minimum atomic E-state index is -0.400. The maximum absolute atomic E-state index is 10.0. The van der Waals surface area contributed by atoms with Crippen molar-refractivity contribution < 1.29 is 14.6 Å². The fourth-order valence-corrected chi connectivity index (χ4v) is 2.21. The molecule has 0 saturated carbocycles. The van der Waals surface area contributed by atoms with Gasteiger partial charge in [0.1, 0.15) is 12.4 Å². The molecule has 0 spiro atoms. The summed E-state index contributed by atoms with van der Waals surface area (Å²) >= 11 is 3.37. The van der Waals surface area contributed by atoms with Crippen molar-refractivity contribution in [1.82, 2.24) is 0 Å². The van der Waals surface area contributed by atoms with Crippen molar-refractivity contribution >= 4 is 15.9 Å². The van der Waals surface area contributed by atoms with Gasteiger partial charge in [-0.05, 0) is 43.0 Å². The lowest BCUT2D eigenvalue weighted by molar-refractivity contribution is -0.0101. The van der Waals surface area contributed by atoms with Gasteiger partial charge >= 0.3 is 0 Å². The van der Waals surface area contributed by atoms with Gasteiger partial charge in [0.25, 0.3) is 0 Å². The Morgan fingerprint density at radius 1 is 1.29 bits per heavy atom. The molecule has 0 bridgehead atoms. The van der Waals surface area contributed by atoms with Gasteiger partial charge < -0.3 is 14.6 Å². The van der Waals surface area contributed by atoms with E-state index in [1.165, 1.54) is 0 Å². The molecule has 1 aromatic rings. The molecular formula is C13H17BrO3. The molecule has 1 aliphatic heterocycles. The summed E-state index contributed by atoms with van der Waals surface area (Å²) in [6.45, 7) is 1.85. The zero-order chi connectivity index (χ0) is 12.1. The molecule has 0 radical (unpaired) electrons. The summed E-state index contributed by atoms with van der Waals surface area (Å²) in [5, 5.41) is 10.0. The second kappa shape index (κ2) is 6.38. The van der Waals surface area contributed by atoms with Crippen LogP contribution in [0, 0.1) is 5.92 Å². The van der Waals surface area contributed by atoms with Gasteiger partial charge in [-0.25, -0.2) is 0 Å². The van der Waals surface area contributed by atoms with Crippen LogP contribution < -0.4 is 4.74 Å². The summed E-state index contributed by atoms with van der Waals surface area (Å²) in [6, 6.07) is 7.63. The Morgan fingerprint density at radius 3 is 2.59 bits per heavy atom. The van der Waals surface area contributed by atoms with Gasteiger partial charge in [0.05, 0.1) is 6.10 Å². The van der Waals surface area contributed by atoms with Gasteiger partial charge in [-0.1, -0.05) is 15.9 Å². The normalized spacial score (nSPS) is 18.9. The van der Waals surface area contributed by atoms with E-state index in [0.29, 0.717) is 12.5 Å². The Kier molecular flexibility index (Phi) is 4.83. The van der Waals surface area contributed by atoms with E-state index in [1.54, 1.807) is 0 Å². The molecule has 1 heterocycles. The Labute approximate surface area is 110 Å². The summed E-state index contributed by atoms with van der Waals surface area (Å²) in [6.07, 6.45) is 1.44. The van der Waals surface area contributed by atoms with Crippen molar-refractivity contribution in [3.63, 3.8) is 0 Å². The van der Waals surface area contributed by atoms with Crippen LogP contribution in [0.3, 0.4) is 0 Å². The second-order valence-corrected chi connectivity index (χ2v) is 5.20. The van der Waals surface area contributed by atoms with Crippen molar-refractivity contribution in [2.75, 3.05) is 19.8 Å². The highest BCUT2D eigenvalue weighted by atomic mass is 79.9. The first kappa shape index (κ1) is 12.9.